The van der Waals surface area contributed by atoms with Crippen LogP contribution >= 0.6 is 11.3 Å². The predicted molar refractivity (Wildman–Crippen MR) is 118 cm³/mol. The molecule has 27 heavy (non-hydrogen) atoms. The Morgan fingerprint density at radius 3 is 2.52 bits per heavy atom. The Labute approximate surface area is 167 Å². The zero-order chi connectivity index (χ0) is 19.5. The summed E-state index contributed by atoms with van der Waals surface area (Å²) >= 11 is 1.81. The third kappa shape index (κ3) is 7.59. The van der Waals surface area contributed by atoms with Crippen molar-refractivity contribution < 1.29 is 0 Å². The predicted octanol–water partition coefficient (Wildman–Crippen LogP) is 3.50. The van der Waals surface area contributed by atoms with Crippen LogP contribution in [0.5, 0.6) is 0 Å². The van der Waals surface area contributed by atoms with E-state index in [0.29, 0.717) is 0 Å². The van der Waals surface area contributed by atoms with Crippen molar-refractivity contribution in [1.29, 1.82) is 0 Å². The van der Waals surface area contributed by atoms with Gasteiger partial charge in [-0.1, -0.05) is 19.1 Å². The molecule has 0 saturated heterocycles. The second-order valence-electron chi connectivity index (χ2n) is 6.68. The topological polar surface area (TPSA) is 52.6 Å². The third-order valence-corrected chi connectivity index (χ3v) is 5.47. The molecule has 0 saturated carbocycles. The van der Waals surface area contributed by atoms with Gasteiger partial charge < -0.3 is 15.5 Å². The Balaban J connectivity index is 1.73. The number of anilines is 1. The van der Waals surface area contributed by atoms with Gasteiger partial charge in [0, 0.05) is 56.9 Å². The monoisotopic (exact) mass is 387 g/mol. The van der Waals surface area contributed by atoms with E-state index in [1.54, 1.807) is 11.3 Å². The SMILES string of the molecule is CCNC(=NCCCc1ccc(N(C)C)cc1)NCCc1ncc(CC)s1. The van der Waals surface area contributed by atoms with E-state index in [1.807, 2.05) is 6.20 Å². The first-order chi connectivity index (χ1) is 13.1. The highest BCUT2D eigenvalue weighted by Gasteiger charge is 2.02. The van der Waals surface area contributed by atoms with Crippen molar-refractivity contribution >= 4 is 23.0 Å². The molecule has 0 bridgehead atoms. The number of thiazole rings is 1. The van der Waals surface area contributed by atoms with Crippen LogP contribution in [0.2, 0.25) is 0 Å². The lowest BCUT2D eigenvalue weighted by Crippen LogP contribution is -2.38. The molecule has 2 aromatic rings. The molecule has 1 aromatic heterocycles. The highest BCUT2D eigenvalue weighted by Crippen LogP contribution is 2.14. The number of rotatable bonds is 10. The van der Waals surface area contributed by atoms with Crippen LogP contribution in [0.4, 0.5) is 5.69 Å². The van der Waals surface area contributed by atoms with Crippen LogP contribution in [-0.4, -0.2) is 44.7 Å². The van der Waals surface area contributed by atoms with E-state index in [0.717, 1.165) is 51.3 Å². The summed E-state index contributed by atoms with van der Waals surface area (Å²) in [7, 11) is 4.13. The second-order valence-corrected chi connectivity index (χ2v) is 7.88. The molecule has 2 N–H and O–H groups in total. The van der Waals surface area contributed by atoms with E-state index in [1.165, 1.54) is 21.1 Å². The van der Waals surface area contributed by atoms with Crippen molar-refractivity contribution in [2.75, 3.05) is 38.6 Å². The van der Waals surface area contributed by atoms with Crippen LogP contribution in [-0.2, 0) is 19.3 Å². The minimum Gasteiger partial charge on any atom is -0.378 e. The number of hydrogen-bond acceptors (Lipinski definition) is 4. The van der Waals surface area contributed by atoms with Crippen LogP contribution in [0.3, 0.4) is 0 Å². The molecule has 0 amide bonds. The fraction of sp³-hybridized carbons (Fsp3) is 0.524. The van der Waals surface area contributed by atoms with E-state index in [-0.39, 0.29) is 0 Å². The molecule has 1 aromatic carbocycles. The molecule has 0 radical (unpaired) electrons. The molecule has 0 unspecified atom stereocenters. The van der Waals surface area contributed by atoms with Crippen molar-refractivity contribution in [3.63, 3.8) is 0 Å². The Morgan fingerprint density at radius 1 is 1.11 bits per heavy atom. The summed E-state index contributed by atoms with van der Waals surface area (Å²) in [5.41, 5.74) is 2.60. The lowest BCUT2D eigenvalue weighted by atomic mass is 10.1. The summed E-state index contributed by atoms with van der Waals surface area (Å²) in [5, 5.41) is 7.93. The van der Waals surface area contributed by atoms with Crippen LogP contribution < -0.4 is 15.5 Å². The molecule has 0 spiro atoms. The molecule has 0 aliphatic heterocycles. The fourth-order valence-corrected chi connectivity index (χ4v) is 3.55. The minimum absolute atomic E-state index is 0.821. The van der Waals surface area contributed by atoms with Gasteiger partial charge in [0.15, 0.2) is 5.96 Å². The zero-order valence-electron chi connectivity index (χ0n) is 17.1. The Morgan fingerprint density at radius 2 is 1.89 bits per heavy atom. The summed E-state index contributed by atoms with van der Waals surface area (Å²) in [5.74, 6) is 0.896. The zero-order valence-corrected chi connectivity index (χ0v) is 17.9. The molecule has 0 atom stereocenters. The van der Waals surface area contributed by atoms with Gasteiger partial charge in [0.2, 0.25) is 0 Å². The molecular weight excluding hydrogens is 354 g/mol. The molecule has 148 valence electrons. The molecule has 1 heterocycles. The maximum Gasteiger partial charge on any atom is 0.191 e. The molecule has 0 aliphatic rings. The molecule has 0 fully saturated rings. The Hall–Kier alpha value is -2.08. The Bertz CT molecular complexity index is 691. The van der Waals surface area contributed by atoms with E-state index in [9.17, 15) is 0 Å². The summed E-state index contributed by atoms with van der Waals surface area (Å²) in [6.45, 7) is 6.81. The van der Waals surface area contributed by atoms with Crippen molar-refractivity contribution in [3.05, 3.63) is 45.9 Å². The number of guanidine groups is 1. The van der Waals surface area contributed by atoms with Gasteiger partial charge in [0.05, 0.1) is 5.01 Å². The van der Waals surface area contributed by atoms with Gasteiger partial charge in [-0.05, 0) is 43.9 Å². The molecular formula is C21H33N5S. The van der Waals surface area contributed by atoms with Gasteiger partial charge in [-0.25, -0.2) is 4.98 Å². The lowest BCUT2D eigenvalue weighted by molar-refractivity contribution is 0.775. The third-order valence-electron chi connectivity index (χ3n) is 4.27. The molecule has 6 heteroatoms. The first-order valence-corrected chi connectivity index (χ1v) is 10.7. The molecule has 5 nitrogen and oxygen atoms in total. The van der Waals surface area contributed by atoms with Gasteiger partial charge in [-0.15, -0.1) is 11.3 Å². The average molecular weight is 388 g/mol. The van der Waals surface area contributed by atoms with Crippen LogP contribution in [0.15, 0.2) is 35.5 Å². The van der Waals surface area contributed by atoms with E-state index >= 15 is 0 Å². The lowest BCUT2D eigenvalue weighted by Gasteiger charge is -2.12. The van der Waals surface area contributed by atoms with Gasteiger partial charge in [0.1, 0.15) is 0 Å². The number of aromatic nitrogens is 1. The number of aliphatic imine (C=N–C) groups is 1. The van der Waals surface area contributed by atoms with Crippen molar-refractivity contribution in [3.8, 4) is 0 Å². The van der Waals surface area contributed by atoms with Crippen molar-refractivity contribution in [2.45, 2.75) is 39.5 Å². The number of benzene rings is 1. The summed E-state index contributed by atoms with van der Waals surface area (Å²) in [4.78, 5) is 12.6. The number of nitrogens with zero attached hydrogens (tertiary/aromatic N) is 3. The molecule has 0 aliphatic carbocycles. The standard InChI is InChI=1S/C21H33N5S/c1-5-19-16-25-20(27-19)13-15-24-21(22-6-2)23-14-7-8-17-9-11-18(12-10-17)26(3)4/h9-12,16H,5-8,13-15H2,1-4H3,(H2,22,23,24). The van der Waals surface area contributed by atoms with Crippen LogP contribution in [0, 0.1) is 0 Å². The smallest absolute Gasteiger partial charge is 0.191 e. The van der Waals surface area contributed by atoms with Crippen molar-refractivity contribution in [1.82, 2.24) is 15.6 Å². The second kappa shape index (κ2) is 11.6. The van der Waals surface area contributed by atoms with Crippen LogP contribution in [0.1, 0.15) is 35.7 Å². The summed E-state index contributed by atoms with van der Waals surface area (Å²) < 4.78 is 0. The van der Waals surface area contributed by atoms with Gasteiger partial charge in [-0.3, -0.25) is 4.99 Å². The minimum atomic E-state index is 0.821. The Kier molecular flexibility index (Phi) is 9.11. The van der Waals surface area contributed by atoms with E-state index in [4.69, 9.17) is 4.99 Å². The van der Waals surface area contributed by atoms with Crippen LogP contribution in [0.25, 0.3) is 0 Å². The summed E-state index contributed by atoms with van der Waals surface area (Å²) in [6.07, 6.45) is 6.09. The molecule has 2 rings (SSSR count). The quantitative estimate of drug-likeness (QED) is 0.372. The fourth-order valence-electron chi connectivity index (χ4n) is 2.69. The van der Waals surface area contributed by atoms with E-state index < -0.39 is 0 Å². The number of aryl methyl sites for hydroxylation is 2. The van der Waals surface area contributed by atoms with Gasteiger partial charge in [-0.2, -0.15) is 0 Å². The van der Waals surface area contributed by atoms with E-state index in [2.05, 4.69) is 72.7 Å². The number of hydrogen-bond donors (Lipinski definition) is 2. The normalized spacial score (nSPS) is 11.5. The van der Waals surface area contributed by atoms with Crippen molar-refractivity contribution in [2.24, 2.45) is 4.99 Å². The van der Waals surface area contributed by atoms with Gasteiger partial charge >= 0.3 is 0 Å². The average Bonchev–Trinajstić information content (AvgIpc) is 3.13. The maximum atomic E-state index is 4.70. The first kappa shape index (κ1) is 21.2. The maximum absolute atomic E-state index is 4.70. The van der Waals surface area contributed by atoms with Gasteiger partial charge in [0.25, 0.3) is 0 Å². The number of nitrogens with one attached hydrogen (secondary N) is 2. The highest BCUT2D eigenvalue weighted by molar-refractivity contribution is 7.11. The largest absolute Gasteiger partial charge is 0.378 e. The summed E-state index contributed by atoms with van der Waals surface area (Å²) in [6, 6.07) is 8.77. The highest BCUT2D eigenvalue weighted by atomic mass is 32.1. The first-order valence-electron chi connectivity index (χ1n) is 9.84.